The van der Waals surface area contributed by atoms with Crippen molar-refractivity contribution in [2.75, 3.05) is 37.4 Å². The summed E-state index contributed by atoms with van der Waals surface area (Å²) in [4.78, 5) is 38.8. The first kappa shape index (κ1) is 20.3. The number of nitrogens with zero attached hydrogens (tertiary/aromatic N) is 3. The van der Waals surface area contributed by atoms with Gasteiger partial charge in [-0.25, -0.2) is 0 Å². The molecule has 2 aromatic rings. The molecule has 0 atom stereocenters. The molecule has 3 rings (SSSR count). The van der Waals surface area contributed by atoms with Gasteiger partial charge in [0.2, 0.25) is 5.91 Å². The third-order valence-corrected chi connectivity index (χ3v) is 5.09. The number of carbonyl (C=O) groups is 2. The van der Waals surface area contributed by atoms with Crippen LogP contribution in [0.2, 0.25) is 0 Å². The Morgan fingerprint density at radius 1 is 1.07 bits per heavy atom. The Morgan fingerprint density at radius 2 is 1.69 bits per heavy atom. The summed E-state index contributed by atoms with van der Waals surface area (Å²) in [5, 5.41) is 14.1. The molecule has 2 amide bonds. The highest BCUT2D eigenvalue weighted by atomic mass is 16.6. The van der Waals surface area contributed by atoms with Crippen LogP contribution in [0.3, 0.4) is 0 Å². The Bertz CT molecular complexity index is 903. The van der Waals surface area contributed by atoms with Crippen LogP contribution in [0.5, 0.6) is 0 Å². The number of carbonyl (C=O) groups excluding carboxylic acids is 2. The van der Waals surface area contributed by atoms with Crippen LogP contribution < -0.4 is 10.2 Å². The first-order valence-corrected chi connectivity index (χ1v) is 9.47. The van der Waals surface area contributed by atoms with Crippen molar-refractivity contribution in [3.8, 4) is 0 Å². The van der Waals surface area contributed by atoms with Crippen LogP contribution in [0.15, 0.2) is 48.5 Å². The van der Waals surface area contributed by atoms with Gasteiger partial charge in [0.1, 0.15) is 5.69 Å². The van der Waals surface area contributed by atoms with Crippen LogP contribution in [0.1, 0.15) is 23.2 Å². The molecule has 2 aromatic carbocycles. The lowest BCUT2D eigenvalue weighted by molar-refractivity contribution is -0.384. The molecule has 1 aliphatic rings. The fourth-order valence-electron chi connectivity index (χ4n) is 3.47. The van der Waals surface area contributed by atoms with Crippen LogP contribution in [-0.2, 0) is 4.79 Å². The minimum Gasteiger partial charge on any atom is -0.366 e. The van der Waals surface area contributed by atoms with E-state index in [1.165, 1.54) is 11.0 Å². The van der Waals surface area contributed by atoms with E-state index in [0.717, 1.165) is 0 Å². The fraction of sp³-hybridized carbons (Fsp3) is 0.333. The van der Waals surface area contributed by atoms with Gasteiger partial charge < -0.3 is 15.1 Å². The number of nitro benzene ring substituents is 1. The number of para-hydroxylation sites is 2. The van der Waals surface area contributed by atoms with Crippen molar-refractivity contribution in [2.45, 2.75) is 12.8 Å². The van der Waals surface area contributed by atoms with Gasteiger partial charge in [-0.15, -0.1) is 0 Å². The van der Waals surface area contributed by atoms with Gasteiger partial charge in [0, 0.05) is 50.4 Å². The topological polar surface area (TPSA) is 95.8 Å². The van der Waals surface area contributed by atoms with Crippen LogP contribution in [0, 0.1) is 16.0 Å². The maximum Gasteiger partial charge on any atom is 0.292 e. The van der Waals surface area contributed by atoms with Crippen molar-refractivity contribution in [3.63, 3.8) is 0 Å². The lowest BCUT2D eigenvalue weighted by atomic mass is 9.95. The van der Waals surface area contributed by atoms with E-state index in [1.54, 1.807) is 56.6 Å². The molecule has 0 aliphatic carbocycles. The summed E-state index contributed by atoms with van der Waals surface area (Å²) in [6.07, 6.45) is 1.24. The zero-order chi connectivity index (χ0) is 21.0. The monoisotopic (exact) mass is 396 g/mol. The van der Waals surface area contributed by atoms with E-state index in [4.69, 9.17) is 0 Å². The van der Waals surface area contributed by atoms with E-state index >= 15 is 0 Å². The lowest BCUT2D eigenvalue weighted by Gasteiger charge is -2.32. The maximum atomic E-state index is 12.6. The van der Waals surface area contributed by atoms with Crippen molar-refractivity contribution in [3.05, 3.63) is 64.2 Å². The average Bonchev–Trinajstić information content (AvgIpc) is 2.73. The van der Waals surface area contributed by atoms with Gasteiger partial charge in [-0.3, -0.25) is 19.7 Å². The summed E-state index contributed by atoms with van der Waals surface area (Å²) >= 11 is 0. The summed E-state index contributed by atoms with van der Waals surface area (Å²) in [5.74, 6) is -0.318. The number of nitrogens with one attached hydrogen (secondary N) is 1. The molecule has 1 fully saturated rings. The quantitative estimate of drug-likeness (QED) is 0.619. The van der Waals surface area contributed by atoms with E-state index in [2.05, 4.69) is 5.32 Å². The first-order chi connectivity index (χ1) is 13.9. The normalized spacial score (nSPS) is 14.3. The maximum absolute atomic E-state index is 12.6. The Kier molecular flexibility index (Phi) is 6.11. The summed E-state index contributed by atoms with van der Waals surface area (Å²) < 4.78 is 0. The van der Waals surface area contributed by atoms with Gasteiger partial charge in [0.05, 0.1) is 4.92 Å². The van der Waals surface area contributed by atoms with E-state index in [-0.39, 0.29) is 28.3 Å². The minimum atomic E-state index is -0.376. The molecule has 0 saturated carbocycles. The van der Waals surface area contributed by atoms with Gasteiger partial charge in [-0.2, -0.15) is 0 Å². The molecule has 152 valence electrons. The average molecular weight is 396 g/mol. The number of anilines is 2. The predicted molar refractivity (Wildman–Crippen MR) is 111 cm³/mol. The van der Waals surface area contributed by atoms with Crippen LogP contribution in [0.25, 0.3) is 0 Å². The molecule has 0 radical (unpaired) electrons. The molecule has 0 unspecified atom stereocenters. The summed E-state index contributed by atoms with van der Waals surface area (Å²) in [6, 6.07) is 13.5. The van der Waals surface area contributed by atoms with E-state index < -0.39 is 0 Å². The Labute approximate surface area is 169 Å². The Morgan fingerprint density at radius 3 is 2.28 bits per heavy atom. The number of rotatable bonds is 5. The zero-order valence-electron chi connectivity index (χ0n) is 16.5. The smallest absolute Gasteiger partial charge is 0.292 e. The lowest BCUT2D eigenvalue weighted by Crippen LogP contribution is -2.38. The highest BCUT2D eigenvalue weighted by molar-refractivity contribution is 5.96. The van der Waals surface area contributed by atoms with Gasteiger partial charge in [-0.1, -0.05) is 12.1 Å². The van der Waals surface area contributed by atoms with Crippen LogP contribution in [-0.4, -0.2) is 48.8 Å². The summed E-state index contributed by atoms with van der Waals surface area (Å²) in [5.41, 5.74) is 1.89. The number of amides is 2. The van der Waals surface area contributed by atoms with Crippen LogP contribution >= 0.6 is 0 Å². The largest absolute Gasteiger partial charge is 0.366 e. The minimum absolute atomic E-state index is 0.0705. The first-order valence-electron chi connectivity index (χ1n) is 9.47. The third kappa shape index (κ3) is 4.71. The van der Waals surface area contributed by atoms with Crippen LogP contribution in [0.4, 0.5) is 17.1 Å². The third-order valence-electron chi connectivity index (χ3n) is 5.09. The highest BCUT2D eigenvalue weighted by Gasteiger charge is 2.28. The Hall–Kier alpha value is -3.42. The van der Waals surface area contributed by atoms with Crippen molar-refractivity contribution < 1.29 is 14.5 Å². The molecule has 0 bridgehead atoms. The molecule has 1 heterocycles. The molecule has 1 N–H and O–H groups in total. The van der Waals surface area contributed by atoms with E-state index in [9.17, 15) is 19.7 Å². The SMILES string of the molecule is CN(C)C(=O)c1ccc(NC(=O)C2CCN(c3ccccc3[N+](=O)[O-])CC2)cc1. The second kappa shape index (κ2) is 8.72. The molecule has 1 saturated heterocycles. The van der Waals surface area contributed by atoms with Gasteiger partial charge in [0.15, 0.2) is 0 Å². The molecular weight excluding hydrogens is 372 g/mol. The molecular formula is C21H24N4O4. The molecule has 8 heteroatoms. The van der Waals surface area contributed by atoms with Crippen molar-refractivity contribution in [1.29, 1.82) is 0 Å². The van der Waals surface area contributed by atoms with Gasteiger partial charge in [0.25, 0.3) is 11.6 Å². The van der Waals surface area contributed by atoms with Gasteiger partial charge in [-0.05, 0) is 43.2 Å². The summed E-state index contributed by atoms with van der Waals surface area (Å²) in [7, 11) is 3.38. The molecule has 0 spiro atoms. The number of hydrogen-bond donors (Lipinski definition) is 1. The Balaban J connectivity index is 1.58. The van der Waals surface area contributed by atoms with Gasteiger partial charge >= 0.3 is 0 Å². The molecule has 1 aliphatic heterocycles. The number of nitro groups is 1. The zero-order valence-corrected chi connectivity index (χ0v) is 16.5. The van der Waals surface area contributed by atoms with Crippen molar-refractivity contribution in [1.82, 2.24) is 4.90 Å². The second-order valence-corrected chi connectivity index (χ2v) is 7.27. The number of benzene rings is 2. The molecule has 0 aromatic heterocycles. The van der Waals surface area contributed by atoms with E-state index in [0.29, 0.717) is 42.9 Å². The number of hydrogen-bond acceptors (Lipinski definition) is 5. The molecule has 29 heavy (non-hydrogen) atoms. The standard InChI is InChI=1S/C21H24N4O4/c1-23(2)21(27)16-7-9-17(10-8-16)22-20(26)15-11-13-24(14-12-15)18-5-3-4-6-19(18)25(28)29/h3-10,15H,11-14H2,1-2H3,(H,22,26). The number of piperidine rings is 1. The second-order valence-electron chi connectivity index (χ2n) is 7.27. The molecule has 8 nitrogen and oxygen atoms in total. The van der Waals surface area contributed by atoms with Crippen molar-refractivity contribution in [2.24, 2.45) is 5.92 Å². The predicted octanol–water partition coefficient (Wildman–Crippen LogP) is 3.15. The highest BCUT2D eigenvalue weighted by Crippen LogP contribution is 2.31. The fourth-order valence-corrected chi connectivity index (χ4v) is 3.47. The van der Waals surface area contributed by atoms with E-state index in [1.807, 2.05) is 4.90 Å². The summed E-state index contributed by atoms with van der Waals surface area (Å²) in [6.45, 7) is 1.17. The van der Waals surface area contributed by atoms with Crippen molar-refractivity contribution >= 4 is 28.9 Å².